The van der Waals surface area contributed by atoms with Gasteiger partial charge in [0.1, 0.15) is 12.4 Å². The Hall–Kier alpha value is -2.43. The van der Waals surface area contributed by atoms with E-state index >= 15 is 0 Å². The molecule has 1 aromatic carbocycles. The molecule has 0 fully saturated rings. The van der Waals surface area contributed by atoms with Crippen LogP contribution in [0.2, 0.25) is 5.02 Å². The van der Waals surface area contributed by atoms with Gasteiger partial charge >= 0.3 is 17.8 Å². The summed E-state index contributed by atoms with van der Waals surface area (Å²) in [5.41, 5.74) is -1.33. The molecule has 1 aromatic heterocycles. The molecule has 1 amide bonds. The van der Waals surface area contributed by atoms with Gasteiger partial charge in [-0.2, -0.15) is 22.5 Å². The first kappa shape index (κ1) is 15.9. The number of carbonyl (C=O) groups excluding carboxylic acids is 1. The van der Waals surface area contributed by atoms with Crippen LogP contribution >= 0.6 is 11.6 Å². The molecule has 0 saturated heterocycles. The topological polar surface area (TPSA) is 81.8 Å². The number of halogens is 5. The number of nitrogens with one attached hydrogen (secondary N) is 1. The highest BCUT2D eigenvalue weighted by Crippen LogP contribution is 2.16. The Labute approximate surface area is 124 Å². The van der Waals surface area contributed by atoms with Gasteiger partial charge in [0.25, 0.3) is 0 Å². The zero-order chi connectivity index (χ0) is 16.5. The number of hydrogen-bond acceptors (Lipinski definition) is 4. The highest BCUT2D eigenvalue weighted by Gasteiger charge is 2.38. The molecule has 0 aliphatic heterocycles. The van der Waals surface area contributed by atoms with Gasteiger partial charge in [-0.05, 0) is 28.6 Å². The molecule has 0 unspecified atom stereocenters. The molecule has 0 saturated carbocycles. The molecule has 0 radical (unpaired) electrons. The van der Waals surface area contributed by atoms with Crippen LogP contribution in [0.4, 0.5) is 17.6 Å². The third-order valence-corrected chi connectivity index (χ3v) is 2.66. The molecule has 1 heterocycles. The van der Waals surface area contributed by atoms with Crippen molar-refractivity contribution in [2.24, 2.45) is 0 Å². The van der Waals surface area contributed by atoms with E-state index in [9.17, 15) is 27.2 Å². The second-order valence-corrected chi connectivity index (χ2v) is 4.37. The highest BCUT2D eigenvalue weighted by molar-refractivity contribution is 6.30. The first-order valence-corrected chi connectivity index (χ1v) is 5.91. The predicted molar refractivity (Wildman–Crippen MR) is 64.8 cm³/mol. The molecular weight excluding hydrogens is 334 g/mol. The molecule has 0 aliphatic rings. The lowest BCUT2D eigenvalue weighted by atomic mass is 10.3. The van der Waals surface area contributed by atoms with Crippen LogP contribution in [0.1, 0.15) is 0 Å². The minimum atomic E-state index is -5.10. The van der Waals surface area contributed by atoms with Crippen LogP contribution in [0.3, 0.4) is 0 Å². The quantitative estimate of drug-likeness (QED) is 0.841. The average Bonchev–Trinajstić information content (AvgIpc) is 2.76. The van der Waals surface area contributed by atoms with Crippen LogP contribution in [-0.4, -0.2) is 31.9 Å². The standard InChI is InChI=1S/C10H6ClF4N5O2/c11-5-1-2-7(6(12)3-5)20-9(22)19(17-18-20)4-16-8(21)10(13,14)15/h1-3H,4H2,(H,16,21). The third kappa shape index (κ3) is 3.24. The Kier molecular flexibility index (Phi) is 4.17. The van der Waals surface area contributed by atoms with E-state index in [2.05, 4.69) is 10.4 Å². The van der Waals surface area contributed by atoms with Gasteiger partial charge in [0.2, 0.25) is 0 Å². The van der Waals surface area contributed by atoms with Crippen molar-refractivity contribution in [3.05, 3.63) is 39.5 Å². The fraction of sp³-hybridized carbons (Fsp3) is 0.200. The molecule has 0 atom stereocenters. The van der Waals surface area contributed by atoms with Crippen LogP contribution in [-0.2, 0) is 11.5 Å². The number of amides is 1. The van der Waals surface area contributed by atoms with Gasteiger partial charge < -0.3 is 5.32 Å². The Morgan fingerprint density at radius 1 is 1.32 bits per heavy atom. The molecular formula is C10H6ClF4N5O2. The monoisotopic (exact) mass is 339 g/mol. The molecule has 1 N–H and O–H groups in total. The van der Waals surface area contributed by atoms with E-state index in [1.54, 1.807) is 0 Å². The van der Waals surface area contributed by atoms with Crippen LogP contribution in [0.25, 0.3) is 5.69 Å². The lowest BCUT2D eigenvalue weighted by Gasteiger charge is -2.06. The number of rotatable bonds is 3. The number of carbonyl (C=O) groups is 1. The maximum absolute atomic E-state index is 13.7. The summed E-state index contributed by atoms with van der Waals surface area (Å²) < 4.78 is 50.6. The Morgan fingerprint density at radius 2 is 2.00 bits per heavy atom. The van der Waals surface area contributed by atoms with E-state index in [-0.39, 0.29) is 10.7 Å². The van der Waals surface area contributed by atoms with Crippen molar-refractivity contribution in [3.63, 3.8) is 0 Å². The van der Waals surface area contributed by atoms with Crippen molar-refractivity contribution in [2.45, 2.75) is 12.8 Å². The summed E-state index contributed by atoms with van der Waals surface area (Å²) in [6.07, 6.45) is -5.10. The minimum Gasteiger partial charge on any atom is -0.329 e. The average molecular weight is 340 g/mol. The SMILES string of the molecule is O=C(NCn1nnn(-c2ccc(Cl)cc2F)c1=O)C(F)(F)F. The van der Waals surface area contributed by atoms with Gasteiger partial charge in [-0.25, -0.2) is 9.18 Å². The highest BCUT2D eigenvalue weighted by atomic mass is 35.5. The van der Waals surface area contributed by atoms with Crippen LogP contribution in [0.5, 0.6) is 0 Å². The molecule has 0 bridgehead atoms. The van der Waals surface area contributed by atoms with E-state index in [4.69, 9.17) is 11.6 Å². The zero-order valence-electron chi connectivity index (χ0n) is 10.4. The summed E-state index contributed by atoms with van der Waals surface area (Å²) >= 11 is 5.55. The normalized spacial score (nSPS) is 11.5. The number of aromatic nitrogens is 4. The maximum Gasteiger partial charge on any atom is 0.471 e. The van der Waals surface area contributed by atoms with E-state index < -0.39 is 30.3 Å². The van der Waals surface area contributed by atoms with E-state index in [1.165, 1.54) is 11.4 Å². The molecule has 22 heavy (non-hydrogen) atoms. The van der Waals surface area contributed by atoms with Gasteiger partial charge in [0, 0.05) is 5.02 Å². The van der Waals surface area contributed by atoms with Crippen molar-refractivity contribution in [1.29, 1.82) is 0 Å². The van der Waals surface area contributed by atoms with Crippen molar-refractivity contribution in [3.8, 4) is 5.69 Å². The van der Waals surface area contributed by atoms with Crippen molar-refractivity contribution in [2.75, 3.05) is 0 Å². The molecule has 118 valence electrons. The fourth-order valence-electron chi connectivity index (χ4n) is 1.42. The number of nitrogens with zero attached hydrogens (tertiary/aromatic N) is 4. The summed E-state index contributed by atoms with van der Waals surface area (Å²) in [6.45, 7) is -0.869. The Morgan fingerprint density at radius 3 is 2.59 bits per heavy atom. The summed E-state index contributed by atoms with van der Waals surface area (Å²) in [5, 5.41) is 8.08. The molecule has 0 spiro atoms. The third-order valence-electron chi connectivity index (χ3n) is 2.42. The van der Waals surface area contributed by atoms with Crippen LogP contribution < -0.4 is 11.0 Å². The van der Waals surface area contributed by atoms with Gasteiger partial charge in [-0.1, -0.05) is 11.6 Å². The molecule has 12 heteroatoms. The van der Waals surface area contributed by atoms with E-state index in [0.29, 0.717) is 9.36 Å². The van der Waals surface area contributed by atoms with Crippen LogP contribution in [0.15, 0.2) is 23.0 Å². The lowest BCUT2D eigenvalue weighted by Crippen LogP contribution is -2.40. The Bertz CT molecular complexity index is 769. The van der Waals surface area contributed by atoms with Crippen molar-refractivity contribution < 1.29 is 22.4 Å². The zero-order valence-corrected chi connectivity index (χ0v) is 11.2. The van der Waals surface area contributed by atoms with E-state index in [0.717, 1.165) is 12.1 Å². The second kappa shape index (κ2) is 5.75. The van der Waals surface area contributed by atoms with Gasteiger partial charge in [0.05, 0.1) is 0 Å². The summed E-state index contributed by atoms with van der Waals surface area (Å²) in [5.74, 6) is -3.12. The summed E-state index contributed by atoms with van der Waals surface area (Å²) in [4.78, 5) is 22.5. The second-order valence-electron chi connectivity index (χ2n) is 3.93. The number of hydrogen-bond donors (Lipinski definition) is 1. The number of tetrazole rings is 1. The van der Waals surface area contributed by atoms with Crippen molar-refractivity contribution >= 4 is 17.5 Å². The summed E-state index contributed by atoms with van der Waals surface area (Å²) in [6, 6.07) is 3.36. The molecule has 2 rings (SSSR count). The van der Waals surface area contributed by atoms with Crippen molar-refractivity contribution in [1.82, 2.24) is 25.1 Å². The smallest absolute Gasteiger partial charge is 0.329 e. The van der Waals surface area contributed by atoms with Gasteiger partial charge in [0.15, 0.2) is 5.82 Å². The summed E-state index contributed by atoms with van der Waals surface area (Å²) in [7, 11) is 0. The molecule has 0 aliphatic carbocycles. The van der Waals surface area contributed by atoms with Gasteiger partial charge in [-0.15, -0.1) is 0 Å². The Balaban J connectivity index is 2.23. The first-order valence-electron chi connectivity index (χ1n) is 5.53. The first-order chi connectivity index (χ1) is 10.2. The lowest BCUT2D eigenvalue weighted by molar-refractivity contribution is -0.174. The van der Waals surface area contributed by atoms with Crippen LogP contribution in [0, 0.1) is 5.82 Å². The minimum absolute atomic E-state index is 0.0825. The van der Waals surface area contributed by atoms with Gasteiger partial charge in [-0.3, -0.25) is 4.79 Å². The predicted octanol–water partition coefficient (Wildman–Crippen LogP) is 0.857. The fourth-order valence-corrected chi connectivity index (χ4v) is 1.58. The number of benzene rings is 1. The largest absolute Gasteiger partial charge is 0.471 e. The maximum atomic E-state index is 13.7. The molecule has 2 aromatic rings. The molecule has 7 nitrogen and oxygen atoms in total. The van der Waals surface area contributed by atoms with E-state index in [1.807, 2.05) is 0 Å². The number of alkyl halides is 3.